The van der Waals surface area contributed by atoms with Gasteiger partial charge < -0.3 is 14.8 Å². The van der Waals surface area contributed by atoms with Crippen molar-refractivity contribution in [1.82, 2.24) is 9.62 Å². The number of hydrogen-bond acceptors (Lipinski definition) is 5. The van der Waals surface area contributed by atoms with E-state index in [1.807, 2.05) is 0 Å². The fourth-order valence-electron chi connectivity index (χ4n) is 2.06. The smallest absolute Gasteiger partial charge is 0.338 e. The highest BCUT2D eigenvalue weighted by molar-refractivity contribution is 7.89. The summed E-state index contributed by atoms with van der Waals surface area (Å²) < 4.78 is 31.0. The third kappa shape index (κ3) is 4.30. The molecule has 0 fully saturated rings. The minimum absolute atomic E-state index is 0.111. The molecule has 0 unspecified atom stereocenters. The summed E-state index contributed by atoms with van der Waals surface area (Å²) >= 11 is 0. The maximum absolute atomic E-state index is 12.4. The third-order valence-electron chi connectivity index (χ3n) is 3.85. The molecule has 8 nitrogen and oxygen atoms in total. The topological polar surface area (TPSA) is 117 Å². The van der Waals surface area contributed by atoms with Crippen LogP contribution in [0.25, 0.3) is 0 Å². The highest BCUT2D eigenvalue weighted by Gasteiger charge is 2.22. The van der Waals surface area contributed by atoms with E-state index in [2.05, 4.69) is 5.32 Å². The van der Waals surface area contributed by atoms with E-state index < -0.39 is 21.9 Å². The predicted octanol–water partition coefficient (Wildman–Crippen LogP) is 1.94. The Labute approximate surface area is 151 Å². The average Bonchev–Trinajstić information content (AvgIpc) is 3.09. The van der Waals surface area contributed by atoms with Gasteiger partial charge in [-0.2, -0.15) is 4.31 Å². The second kappa shape index (κ2) is 7.71. The van der Waals surface area contributed by atoms with Crippen LogP contribution in [0, 0.1) is 0 Å². The van der Waals surface area contributed by atoms with Gasteiger partial charge >= 0.3 is 5.97 Å². The van der Waals surface area contributed by atoms with Crippen LogP contribution in [0.5, 0.6) is 0 Å². The maximum Gasteiger partial charge on any atom is 0.338 e. The van der Waals surface area contributed by atoms with Gasteiger partial charge in [0.25, 0.3) is 5.91 Å². The normalized spacial score (nSPS) is 11.7. The molecular formula is C17H20N2O6S. The van der Waals surface area contributed by atoms with Crippen LogP contribution in [0.15, 0.2) is 45.9 Å². The van der Waals surface area contributed by atoms with E-state index in [0.29, 0.717) is 5.56 Å². The summed E-state index contributed by atoms with van der Waals surface area (Å²) in [4.78, 5) is 22.9. The van der Waals surface area contributed by atoms with Gasteiger partial charge in [-0.05, 0) is 31.5 Å². The molecule has 0 saturated heterocycles. The summed E-state index contributed by atoms with van der Waals surface area (Å²) in [6.45, 7) is 3.71. The molecule has 140 valence electrons. The zero-order valence-electron chi connectivity index (χ0n) is 14.6. The van der Waals surface area contributed by atoms with Crippen LogP contribution < -0.4 is 5.32 Å². The van der Waals surface area contributed by atoms with E-state index in [-0.39, 0.29) is 28.8 Å². The van der Waals surface area contributed by atoms with Crippen molar-refractivity contribution in [2.24, 2.45) is 0 Å². The minimum Gasteiger partial charge on any atom is -0.478 e. The van der Waals surface area contributed by atoms with Crippen LogP contribution in [0.2, 0.25) is 0 Å². The van der Waals surface area contributed by atoms with Gasteiger partial charge in [0.1, 0.15) is 6.26 Å². The molecule has 0 radical (unpaired) electrons. The molecule has 0 atom stereocenters. The minimum atomic E-state index is -3.56. The number of rotatable bonds is 7. The first kappa shape index (κ1) is 19.7. The lowest BCUT2D eigenvalue weighted by atomic mass is 10.2. The Morgan fingerprint density at radius 2 is 1.85 bits per heavy atom. The molecule has 0 aliphatic heterocycles. The molecular weight excluding hydrogens is 360 g/mol. The Morgan fingerprint density at radius 3 is 2.35 bits per heavy atom. The first-order valence-electron chi connectivity index (χ1n) is 7.80. The molecule has 9 heteroatoms. The van der Waals surface area contributed by atoms with Gasteiger partial charge in [-0.1, -0.05) is 12.1 Å². The van der Waals surface area contributed by atoms with Crippen molar-refractivity contribution in [3.05, 3.63) is 53.5 Å². The number of carbonyl (C=O) groups is 2. The van der Waals surface area contributed by atoms with Crippen molar-refractivity contribution in [3.63, 3.8) is 0 Å². The quantitative estimate of drug-likeness (QED) is 0.758. The van der Waals surface area contributed by atoms with E-state index in [0.717, 1.165) is 12.3 Å². The van der Waals surface area contributed by atoms with E-state index in [1.54, 1.807) is 26.0 Å². The number of amides is 1. The van der Waals surface area contributed by atoms with Gasteiger partial charge in [0.2, 0.25) is 10.0 Å². The van der Waals surface area contributed by atoms with Gasteiger partial charge in [-0.25, -0.2) is 13.2 Å². The molecule has 0 aliphatic carbocycles. The van der Waals surface area contributed by atoms with Crippen LogP contribution in [0.1, 0.15) is 40.3 Å². The van der Waals surface area contributed by atoms with Crippen molar-refractivity contribution in [1.29, 1.82) is 0 Å². The molecule has 1 heterocycles. The lowest BCUT2D eigenvalue weighted by molar-refractivity contribution is 0.0695. The number of aromatic carboxylic acids is 1. The van der Waals surface area contributed by atoms with E-state index in [9.17, 15) is 18.0 Å². The number of carbonyl (C=O) groups excluding carboxylic acids is 1. The molecule has 1 aromatic heterocycles. The summed E-state index contributed by atoms with van der Waals surface area (Å²) in [5, 5.41) is 11.4. The first-order valence-corrected chi connectivity index (χ1v) is 9.24. The van der Waals surface area contributed by atoms with Crippen molar-refractivity contribution in [2.45, 2.75) is 31.3 Å². The van der Waals surface area contributed by atoms with Crippen molar-refractivity contribution < 1.29 is 27.5 Å². The van der Waals surface area contributed by atoms with Crippen molar-refractivity contribution in [3.8, 4) is 0 Å². The Hall–Kier alpha value is -2.65. The molecule has 26 heavy (non-hydrogen) atoms. The second-order valence-electron chi connectivity index (χ2n) is 5.95. The second-order valence-corrected chi connectivity index (χ2v) is 7.94. The predicted molar refractivity (Wildman–Crippen MR) is 93.4 cm³/mol. The number of benzene rings is 1. The Morgan fingerprint density at radius 1 is 1.23 bits per heavy atom. The first-order chi connectivity index (χ1) is 12.1. The molecule has 2 N–H and O–H groups in total. The van der Waals surface area contributed by atoms with Crippen LogP contribution in [0.4, 0.5) is 0 Å². The summed E-state index contributed by atoms with van der Waals surface area (Å²) in [6, 6.07) is 7.13. The van der Waals surface area contributed by atoms with Crippen LogP contribution in [-0.2, 0) is 16.6 Å². The van der Waals surface area contributed by atoms with Crippen LogP contribution in [-0.4, -0.2) is 42.8 Å². The largest absolute Gasteiger partial charge is 0.478 e. The molecule has 0 spiro atoms. The van der Waals surface area contributed by atoms with E-state index >= 15 is 0 Å². The zero-order valence-corrected chi connectivity index (χ0v) is 15.4. The molecule has 0 aliphatic rings. The molecule has 0 bridgehead atoms. The lowest BCUT2D eigenvalue weighted by Gasteiger charge is -2.21. The van der Waals surface area contributed by atoms with Crippen molar-refractivity contribution in [2.75, 3.05) is 7.05 Å². The highest BCUT2D eigenvalue weighted by atomic mass is 32.2. The molecule has 1 aromatic carbocycles. The Balaban J connectivity index is 2.03. The van der Waals surface area contributed by atoms with E-state index in [4.69, 9.17) is 9.52 Å². The van der Waals surface area contributed by atoms with Crippen molar-refractivity contribution >= 4 is 21.9 Å². The number of furan rings is 1. The maximum atomic E-state index is 12.4. The number of carboxylic acid groups (broad SMARTS) is 1. The number of nitrogens with one attached hydrogen (secondary N) is 1. The highest BCUT2D eigenvalue weighted by Crippen LogP contribution is 2.17. The third-order valence-corrected chi connectivity index (χ3v) is 5.90. The lowest BCUT2D eigenvalue weighted by Crippen LogP contribution is -2.33. The molecule has 1 amide bonds. The Kier molecular flexibility index (Phi) is 5.83. The number of carboxylic acids is 1. The summed E-state index contributed by atoms with van der Waals surface area (Å²) in [5.74, 6) is -1.86. The standard InChI is InChI=1S/C17H20N2O6S/c1-11(2)19(3)26(23,24)14-6-4-12(5-7-14)9-18-16(20)15-8-13(10-25-15)17(21)22/h4-8,10-11H,9H2,1-3H3,(H,18,20)(H,21,22). The fraction of sp³-hybridized carbons (Fsp3) is 0.294. The number of nitrogens with zero attached hydrogens (tertiary/aromatic N) is 1. The number of hydrogen-bond donors (Lipinski definition) is 2. The van der Waals surface area contributed by atoms with Gasteiger partial charge in [-0.15, -0.1) is 0 Å². The molecule has 0 saturated carbocycles. The average molecular weight is 380 g/mol. The van der Waals surface area contributed by atoms with Gasteiger partial charge in [-0.3, -0.25) is 4.79 Å². The summed E-state index contributed by atoms with van der Waals surface area (Å²) in [6.07, 6.45) is 0.988. The monoisotopic (exact) mass is 380 g/mol. The van der Waals surface area contributed by atoms with Crippen LogP contribution >= 0.6 is 0 Å². The molecule has 2 rings (SSSR count). The number of sulfonamides is 1. The van der Waals surface area contributed by atoms with Crippen LogP contribution in [0.3, 0.4) is 0 Å². The molecule has 2 aromatic rings. The van der Waals surface area contributed by atoms with Gasteiger partial charge in [0, 0.05) is 25.7 Å². The van der Waals surface area contributed by atoms with Gasteiger partial charge in [0.15, 0.2) is 5.76 Å². The summed E-state index contributed by atoms with van der Waals surface area (Å²) in [7, 11) is -2.04. The summed E-state index contributed by atoms with van der Waals surface area (Å²) in [5.41, 5.74) is 0.577. The van der Waals surface area contributed by atoms with Gasteiger partial charge in [0.05, 0.1) is 10.5 Å². The Bertz CT molecular complexity index is 900. The SMILES string of the molecule is CC(C)N(C)S(=O)(=O)c1ccc(CNC(=O)c2cc(C(=O)O)co2)cc1. The zero-order chi connectivity index (χ0) is 19.5. The van der Waals surface area contributed by atoms with E-state index in [1.165, 1.54) is 23.5 Å². The fourth-order valence-corrected chi connectivity index (χ4v) is 3.43.